The van der Waals surface area contributed by atoms with Gasteiger partial charge in [0.15, 0.2) is 15.5 Å². The third kappa shape index (κ3) is 3.65. The number of benzene rings is 1. The highest BCUT2D eigenvalue weighted by Crippen LogP contribution is 2.25. The number of carbonyl (C=O) groups is 1. The van der Waals surface area contributed by atoms with E-state index in [1.807, 2.05) is 0 Å². The molecular weight excluding hydrogens is 406 g/mol. The smallest absolute Gasteiger partial charge is 0.264 e. The Morgan fingerprint density at radius 3 is 2.71 bits per heavy atom. The second-order valence-electron chi connectivity index (χ2n) is 6.62. The monoisotopic (exact) mass is 421 g/mol. The molecule has 3 heterocycles. The molecule has 1 N–H and O–H groups in total. The first-order valence-corrected chi connectivity index (χ1v) is 10.7. The SMILES string of the molecule is O=C(Cn1cnc2c(cnn2[C@H]2CCS(=O)(=O)C2)c1=O)Nc1ccc(Cl)cc1. The molecule has 11 heteroatoms. The zero-order chi connectivity index (χ0) is 19.9. The van der Waals surface area contributed by atoms with Gasteiger partial charge in [0.2, 0.25) is 5.91 Å². The van der Waals surface area contributed by atoms with Crippen molar-refractivity contribution in [2.24, 2.45) is 0 Å². The molecule has 1 fully saturated rings. The number of rotatable bonds is 4. The normalized spacial score (nSPS) is 18.4. The van der Waals surface area contributed by atoms with E-state index in [-0.39, 0.29) is 35.4 Å². The summed E-state index contributed by atoms with van der Waals surface area (Å²) in [5.41, 5.74) is 0.469. The largest absolute Gasteiger partial charge is 0.325 e. The predicted molar refractivity (Wildman–Crippen MR) is 104 cm³/mol. The number of amides is 1. The zero-order valence-electron chi connectivity index (χ0n) is 14.6. The molecule has 0 spiro atoms. The average Bonchev–Trinajstić information content (AvgIpc) is 3.22. The van der Waals surface area contributed by atoms with Crippen molar-refractivity contribution >= 4 is 44.1 Å². The second kappa shape index (κ2) is 7.02. The van der Waals surface area contributed by atoms with Gasteiger partial charge in [0.05, 0.1) is 23.7 Å². The Bertz CT molecular complexity index is 1220. The van der Waals surface area contributed by atoms with E-state index in [0.717, 1.165) is 0 Å². The maximum atomic E-state index is 12.7. The van der Waals surface area contributed by atoms with E-state index in [9.17, 15) is 18.0 Å². The van der Waals surface area contributed by atoms with Crippen LogP contribution in [0.15, 0.2) is 41.6 Å². The van der Waals surface area contributed by atoms with Crippen molar-refractivity contribution in [1.29, 1.82) is 0 Å². The minimum Gasteiger partial charge on any atom is -0.325 e. The minimum atomic E-state index is -3.09. The topological polar surface area (TPSA) is 116 Å². The number of aromatic nitrogens is 4. The zero-order valence-corrected chi connectivity index (χ0v) is 16.2. The van der Waals surface area contributed by atoms with Crippen molar-refractivity contribution in [1.82, 2.24) is 19.3 Å². The molecule has 2 aromatic heterocycles. The molecule has 1 atom stereocenters. The number of anilines is 1. The fourth-order valence-electron chi connectivity index (χ4n) is 3.20. The first kappa shape index (κ1) is 18.6. The molecule has 9 nitrogen and oxygen atoms in total. The molecule has 1 aliphatic rings. The van der Waals surface area contributed by atoms with Gasteiger partial charge in [0, 0.05) is 10.7 Å². The average molecular weight is 422 g/mol. The standard InChI is InChI=1S/C17H16ClN5O4S/c18-11-1-3-12(4-2-11)21-15(24)8-22-10-19-16-14(17(22)25)7-20-23(16)13-5-6-28(26,27)9-13/h1-4,7,10,13H,5-6,8-9H2,(H,21,24)/t13-/m0/s1. The van der Waals surface area contributed by atoms with E-state index in [0.29, 0.717) is 22.8 Å². The number of sulfone groups is 1. The molecule has 146 valence electrons. The first-order valence-electron chi connectivity index (χ1n) is 8.51. The van der Waals surface area contributed by atoms with Gasteiger partial charge in [-0.15, -0.1) is 0 Å². The third-order valence-electron chi connectivity index (χ3n) is 4.58. The van der Waals surface area contributed by atoms with Gasteiger partial charge in [-0.25, -0.2) is 18.1 Å². The Balaban J connectivity index is 1.56. The van der Waals surface area contributed by atoms with Crippen LogP contribution in [0, 0.1) is 0 Å². The van der Waals surface area contributed by atoms with E-state index in [1.165, 1.54) is 21.8 Å². The van der Waals surface area contributed by atoms with E-state index < -0.39 is 15.4 Å². The Morgan fingerprint density at radius 1 is 1.29 bits per heavy atom. The van der Waals surface area contributed by atoms with Crippen molar-refractivity contribution < 1.29 is 13.2 Å². The summed E-state index contributed by atoms with van der Waals surface area (Å²) in [5, 5.41) is 7.64. The maximum Gasteiger partial charge on any atom is 0.264 e. The van der Waals surface area contributed by atoms with Gasteiger partial charge in [0.25, 0.3) is 5.56 Å². The van der Waals surface area contributed by atoms with Gasteiger partial charge >= 0.3 is 0 Å². The van der Waals surface area contributed by atoms with Gasteiger partial charge < -0.3 is 5.32 Å². The second-order valence-corrected chi connectivity index (χ2v) is 9.28. The van der Waals surface area contributed by atoms with Crippen LogP contribution < -0.4 is 10.9 Å². The summed E-state index contributed by atoms with van der Waals surface area (Å²) in [6.07, 6.45) is 3.07. The summed E-state index contributed by atoms with van der Waals surface area (Å²) < 4.78 is 26.1. The number of fused-ring (bicyclic) bond motifs is 1. The summed E-state index contributed by atoms with van der Waals surface area (Å²) in [5.74, 6) is -0.307. The summed E-state index contributed by atoms with van der Waals surface area (Å²) >= 11 is 5.81. The van der Waals surface area contributed by atoms with Crippen molar-refractivity contribution in [2.45, 2.75) is 19.0 Å². The van der Waals surface area contributed by atoms with E-state index in [2.05, 4.69) is 15.4 Å². The molecular formula is C17H16ClN5O4S. The molecule has 1 aliphatic heterocycles. The van der Waals surface area contributed by atoms with Crippen LogP contribution in [0.1, 0.15) is 12.5 Å². The number of halogens is 1. The number of nitrogens with zero attached hydrogens (tertiary/aromatic N) is 4. The van der Waals surface area contributed by atoms with Crippen LogP contribution in [-0.2, 0) is 21.2 Å². The minimum absolute atomic E-state index is 0.0158. The molecule has 4 rings (SSSR count). The lowest BCUT2D eigenvalue weighted by molar-refractivity contribution is -0.116. The molecule has 0 unspecified atom stereocenters. The van der Waals surface area contributed by atoms with Crippen molar-refractivity contribution in [2.75, 3.05) is 16.8 Å². The molecule has 1 saturated heterocycles. The van der Waals surface area contributed by atoms with Crippen LogP contribution >= 0.6 is 11.6 Å². The molecule has 0 aliphatic carbocycles. The third-order valence-corrected chi connectivity index (χ3v) is 6.58. The van der Waals surface area contributed by atoms with Crippen LogP contribution in [0.5, 0.6) is 0 Å². The van der Waals surface area contributed by atoms with Crippen LogP contribution in [-0.4, -0.2) is 45.2 Å². The molecule has 1 amide bonds. The van der Waals surface area contributed by atoms with Crippen LogP contribution in [0.4, 0.5) is 5.69 Å². The van der Waals surface area contributed by atoms with Crippen molar-refractivity contribution in [3.05, 3.63) is 52.2 Å². The first-order chi connectivity index (χ1) is 13.3. The van der Waals surface area contributed by atoms with Crippen LogP contribution in [0.3, 0.4) is 0 Å². The fourth-order valence-corrected chi connectivity index (χ4v) is 5.02. The van der Waals surface area contributed by atoms with Gasteiger partial charge in [-0.2, -0.15) is 5.10 Å². The highest BCUT2D eigenvalue weighted by Gasteiger charge is 2.31. The van der Waals surface area contributed by atoms with Gasteiger partial charge in [0.1, 0.15) is 18.3 Å². The van der Waals surface area contributed by atoms with E-state index >= 15 is 0 Å². The summed E-state index contributed by atoms with van der Waals surface area (Å²) in [6.45, 7) is -0.215. The van der Waals surface area contributed by atoms with E-state index in [1.54, 1.807) is 24.3 Å². The predicted octanol–water partition coefficient (Wildman–Crippen LogP) is 1.24. The summed E-state index contributed by atoms with van der Waals surface area (Å²) in [7, 11) is -3.09. The molecule has 0 radical (unpaired) electrons. The van der Waals surface area contributed by atoms with Gasteiger partial charge in [-0.1, -0.05) is 11.6 Å². The Hall–Kier alpha value is -2.72. The van der Waals surface area contributed by atoms with E-state index in [4.69, 9.17) is 11.6 Å². The number of hydrogen-bond acceptors (Lipinski definition) is 6. The maximum absolute atomic E-state index is 12.7. The Kier molecular flexibility index (Phi) is 4.68. The quantitative estimate of drug-likeness (QED) is 0.677. The Morgan fingerprint density at radius 2 is 2.04 bits per heavy atom. The highest BCUT2D eigenvalue weighted by atomic mass is 35.5. The molecule has 28 heavy (non-hydrogen) atoms. The lowest BCUT2D eigenvalue weighted by Crippen LogP contribution is -2.28. The molecule has 0 bridgehead atoms. The summed E-state index contributed by atoms with van der Waals surface area (Å²) in [6, 6.07) is 6.27. The lowest BCUT2D eigenvalue weighted by Gasteiger charge is -2.10. The highest BCUT2D eigenvalue weighted by molar-refractivity contribution is 7.91. The number of nitrogens with one attached hydrogen (secondary N) is 1. The number of carbonyl (C=O) groups excluding carboxylic acids is 1. The lowest BCUT2D eigenvalue weighted by atomic mass is 10.3. The van der Waals surface area contributed by atoms with Crippen molar-refractivity contribution in [3.63, 3.8) is 0 Å². The van der Waals surface area contributed by atoms with Crippen molar-refractivity contribution in [3.8, 4) is 0 Å². The fraction of sp³-hybridized carbons (Fsp3) is 0.294. The summed E-state index contributed by atoms with van der Waals surface area (Å²) in [4.78, 5) is 29.1. The molecule has 0 saturated carbocycles. The van der Waals surface area contributed by atoms with Crippen LogP contribution in [0.25, 0.3) is 11.0 Å². The van der Waals surface area contributed by atoms with Gasteiger partial charge in [-0.05, 0) is 30.7 Å². The molecule has 1 aromatic carbocycles. The van der Waals surface area contributed by atoms with Crippen LogP contribution in [0.2, 0.25) is 5.02 Å². The number of hydrogen-bond donors (Lipinski definition) is 1. The molecule has 3 aromatic rings. The Labute approximate surface area is 164 Å². The van der Waals surface area contributed by atoms with Gasteiger partial charge in [-0.3, -0.25) is 14.2 Å².